The van der Waals surface area contributed by atoms with Crippen molar-refractivity contribution in [1.29, 1.82) is 0 Å². The summed E-state index contributed by atoms with van der Waals surface area (Å²) < 4.78 is 0. The lowest BCUT2D eigenvalue weighted by molar-refractivity contribution is 0.966. The normalized spacial score (nSPS) is 13.9. The van der Waals surface area contributed by atoms with Crippen LogP contribution in [0.5, 0.6) is 0 Å². The Kier molecular flexibility index (Phi) is 3.67. The van der Waals surface area contributed by atoms with Crippen LogP contribution in [0.2, 0.25) is 0 Å². The monoisotopic (exact) mass is 323 g/mol. The molecule has 5 nitrogen and oxygen atoms in total. The second-order valence-corrected chi connectivity index (χ2v) is 6.73. The van der Waals surface area contributed by atoms with Crippen molar-refractivity contribution in [2.45, 2.75) is 28.7 Å². The van der Waals surface area contributed by atoms with Crippen molar-refractivity contribution in [1.82, 2.24) is 15.2 Å². The zero-order valence-electron chi connectivity index (χ0n) is 12.5. The molecule has 23 heavy (non-hydrogen) atoms. The van der Waals surface area contributed by atoms with Gasteiger partial charge in [-0.15, -0.1) is 0 Å². The first-order valence-corrected chi connectivity index (χ1v) is 8.41. The highest BCUT2D eigenvalue weighted by atomic mass is 32.2. The zero-order chi connectivity index (χ0) is 15.6. The molecule has 2 heterocycles. The summed E-state index contributed by atoms with van der Waals surface area (Å²) in [5, 5.41) is 11.6. The number of nitrogen functional groups attached to an aromatic ring is 1. The molecule has 6 heteroatoms. The highest BCUT2D eigenvalue weighted by molar-refractivity contribution is 7.99. The van der Waals surface area contributed by atoms with E-state index < -0.39 is 0 Å². The van der Waals surface area contributed by atoms with Crippen molar-refractivity contribution in [3.8, 4) is 0 Å². The van der Waals surface area contributed by atoms with Gasteiger partial charge in [-0.3, -0.25) is 5.10 Å². The van der Waals surface area contributed by atoms with Gasteiger partial charge < -0.3 is 11.1 Å². The molecule has 1 aliphatic carbocycles. The zero-order valence-corrected chi connectivity index (χ0v) is 13.3. The summed E-state index contributed by atoms with van der Waals surface area (Å²) >= 11 is 1.61. The van der Waals surface area contributed by atoms with E-state index in [0.717, 1.165) is 27.2 Å². The van der Waals surface area contributed by atoms with Crippen molar-refractivity contribution >= 4 is 29.1 Å². The molecule has 0 amide bonds. The molecule has 4 rings (SSSR count). The molecule has 4 N–H and O–H groups in total. The van der Waals surface area contributed by atoms with Gasteiger partial charge in [0.25, 0.3) is 0 Å². The molecular formula is C17H17N5S. The number of aromatic amines is 1. The SMILES string of the molecule is Nc1ccc(Sc2cccc(Nc3cc(C4CC4)[nH]n3)n2)cc1. The molecule has 2 aromatic heterocycles. The highest BCUT2D eigenvalue weighted by Gasteiger charge is 2.25. The Bertz CT molecular complexity index is 808. The molecule has 1 saturated carbocycles. The first kappa shape index (κ1) is 14.1. The topological polar surface area (TPSA) is 79.6 Å². The number of hydrogen-bond acceptors (Lipinski definition) is 5. The summed E-state index contributed by atoms with van der Waals surface area (Å²) in [5.41, 5.74) is 7.69. The summed E-state index contributed by atoms with van der Waals surface area (Å²) in [7, 11) is 0. The Hall–Kier alpha value is -2.47. The maximum Gasteiger partial charge on any atom is 0.153 e. The molecule has 1 aliphatic rings. The quantitative estimate of drug-likeness (QED) is 0.614. The van der Waals surface area contributed by atoms with Crippen LogP contribution >= 0.6 is 11.8 Å². The summed E-state index contributed by atoms with van der Waals surface area (Å²) in [6, 6.07) is 15.8. The maximum absolute atomic E-state index is 5.71. The van der Waals surface area contributed by atoms with Crippen LogP contribution in [-0.4, -0.2) is 15.2 Å². The molecule has 1 fully saturated rings. The third-order valence-electron chi connectivity index (χ3n) is 3.70. The molecule has 0 radical (unpaired) electrons. The minimum Gasteiger partial charge on any atom is -0.399 e. The first-order chi connectivity index (χ1) is 11.3. The molecule has 116 valence electrons. The van der Waals surface area contributed by atoms with E-state index in [1.54, 1.807) is 11.8 Å². The molecule has 0 unspecified atom stereocenters. The summed E-state index contributed by atoms with van der Waals surface area (Å²) in [5.74, 6) is 2.27. The van der Waals surface area contributed by atoms with Gasteiger partial charge in [0, 0.05) is 28.3 Å². The van der Waals surface area contributed by atoms with E-state index in [-0.39, 0.29) is 0 Å². The average Bonchev–Trinajstić information content (AvgIpc) is 3.30. The Morgan fingerprint density at radius 2 is 1.91 bits per heavy atom. The fourth-order valence-electron chi connectivity index (χ4n) is 2.33. The standard InChI is InChI=1S/C17H17N5S/c18-12-6-8-13(9-7-12)23-17-3-1-2-15(20-17)19-16-10-14(21-22-16)11-4-5-11/h1-3,6-11H,4-5,18H2,(H2,19,20,21,22). The van der Waals surface area contributed by atoms with E-state index >= 15 is 0 Å². The molecule has 1 aromatic carbocycles. The number of nitrogens with zero attached hydrogens (tertiary/aromatic N) is 2. The number of H-pyrrole nitrogens is 1. The Labute approximate surface area is 138 Å². The van der Waals surface area contributed by atoms with E-state index in [1.165, 1.54) is 18.5 Å². The lowest BCUT2D eigenvalue weighted by atomic mass is 10.3. The highest BCUT2D eigenvalue weighted by Crippen LogP contribution is 2.39. The minimum atomic E-state index is 0.665. The number of benzene rings is 1. The van der Waals surface area contributed by atoms with Crippen LogP contribution in [0.25, 0.3) is 0 Å². The summed E-state index contributed by atoms with van der Waals surface area (Å²) in [4.78, 5) is 5.73. The van der Waals surface area contributed by atoms with Gasteiger partial charge in [-0.05, 0) is 49.2 Å². The van der Waals surface area contributed by atoms with Gasteiger partial charge in [0.1, 0.15) is 10.8 Å². The van der Waals surface area contributed by atoms with Crippen LogP contribution in [0.3, 0.4) is 0 Å². The van der Waals surface area contributed by atoms with Crippen LogP contribution in [-0.2, 0) is 0 Å². The number of pyridine rings is 1. The largest absolute Gasteiger partial charge is 0.399 e. The first-order valence-electron chi connectivity index (χ1n) is 7.59. The molecule has 0 atom stereocenters. The van der Waals surface area contributed by atoms with E-state index in [0.29, 0.717) is 5.92 Å². The van der Waals surface area contributed by atoms with Gasteiger partial charge in [-0.2, -0.15) is 5.10 Å². The number of hydrogen-bond donors (Lipinski definition) is 3. The number of anilines is 3. The molecule has 0 spiro atoms. The van der Waals surface area contributed by atoms with E-state index in [1.807, 2.05) is 42.5 Å². The van der Waals surface area contributed by atoms with Crippen molar-refractivity contribution in [3.63, 3.8) is 0 Å². The van der Waals surface area contributed by atoms with E-state index in [2.05, 4.69) is 26.6 Å². The smallest absolute Gasteiger partial charge is 0.153 e. The van der Waals surface area contributed by atoms with Gasteiger partial charge in [0.05, 0.1) is 0 Å². The van der Waals surface area contributed by atoms with Gasteiger partial charge in [-0.1, -0.05) is 17.8 Å². The third kappa shape index (κ3) is 3.48. The minimum absolute atomic E-state index is 0.665. The van der Waals surface area contributed by atoms with Crippen molar-refractivity contribution in [2.24, 2.45) is 0 Å². The van der Waals surface area contributed by atoms with E-state index in [9.17, 15) is 0 Å². The summed E-state index contributed by atoms with van der Waals surface area (Å²) in [6.07, 6.45) is 2.52. The fourth-order valence-corrected chi connectivity index (χ4v) is 3.14. The van der Waals surface area contributed by atoms with E-state index in [4.69, 9.17) is 5.73 Å². The van der Waals surface area contributed by atoms with Crippen molar-refractivity contribution in [2.75, 3.05) is 11.1 Å². The Morgan fingerprint density at radius 3 is 2.70 bits per heavy atom. The third-order valence-corrected chi connectivity index (χ3v) is 4.64. The number of nitrogens with two attached hydrogens (primary N) is 1. The van der Waals surface area contributed by atoms with Crippen LogP contribution < -0.4 is 11.1 Å². The Balaban J connectivity index is 1.47. The molecule has 0 saturated heterocycles. The van der Waals surface area contributed by atoms with Crippen LogP contribution in [0.4, 0.5) is 17.3 Å². The maximum atomic E-state index is 5.71. The predicted octanol–water partition coefficient (Wildman–Crippen LogP) is 4.16. The van der Waals surface area contributed by atoms with Crippen molar-refractivity contribution in [3.05, 3.63) is 54.2 Å². The molecule has 0 aliphatic heterocycles. The number of nitrogens with one attached hydrogen (secondary N) is 2. The molecular weight excluding hydrogens is 306 g/mol. The lowest BCUT2D eigenvalue weighted by Crippen LogP contribution is -1.94. The van der Waals surface area contributed by atoms with Crippen LogP contribution in [0.15, 0.2) is 58.5 Å². The van der Waals surface area contributed by atoms with Gasteiger partial charge >= 0.3 is 0 Å². The number of aromatic nitrogens is 3. The summed E-state index contributed by atoms with van der Waals surface area (Å²) in [6.45, 7) is 0. The average molecular weight is 323 g/mol. The lowest BCUT2D eigenvalue weighted by Gasteiger charge is -2.05. The van der Waals surface area contributed by atoms with Crippen LogP contribution in [0, 0.1) is 0 Å². The van der Waals surface area contributed by atoms with Crippen LogP contribution in [0.1, 0.15) is 24.5 Å². The molecule has 0 bridgehead atoms. The van der Waals surface area contributed by atoms with Gasteiger partial charge in [0.2, 0.25) is 0 Å². The fraction of sp³-hybridized carbons (Fsp3) is 0.176. The molecule has 3 aromatic rings. The second kappa shape index (κ2) is 5.96. The number of rotatable bonds is 5. The predicted molar refractivity (Wildman–Crippen MR) is 93.1 cm³/mol. The Morgan fingerprint density at radius 1 is 1.09 bits per heavy atom. The second-order valence-electron chi connectivity index (χ2n) is 5.64. The van der Waals surface area contributed by atoms with Crippen molar-refractivity contribution < 1.29 is 0 Å². The van der Waals surface area contributed by atoms with Gasteiger partial charge in [0.15, 0.2) is 5.82 Å². The van der Waals surface area contributed by atoms with Gasteiger partial charge in [-0.25, -0.2) is 4.98 Å².